The summed E-state index contributed by atoms with van der Waals surface area (Å²) >= 11 is 0. The molecule has 0 saturated carbocycles. The smallest absolute Gasteiger partial charge is 0.112 e. The molecule has 4 heteroatoms. The minimum absolute atomic E-state index is 0.304. The second-order valence-corrected chi connectivity index (χ2v) is 16.1. The zero-order valence-corrected chi connectivity index (χ0v) is 12.3. The molecule has 1 unspecified atom stereocenters. The second kappa shape index (κ2) is 4.25. The van der Waals surface area contributed by atoms with E-state index in [2.05, 4.69) is 50.4 Å². The molecule has 0 aromatic heterocycles. The highest BCUT2D eigenvalue weighted by molar-refractivity contribution is 6.89. The minimum atomic E-state index is -1.17. The number of nitrogens with two attached hydrogens (primary N) is 1. The number of hydrogen-bond donors (Lipinski definition) is 1. The summed E-state index contributed by atoms with van der Waals surface area (Å²) in [5, 5.41) is 0. The summed E-state index contributed by atoms with van der Waals surface area (Å²) in [6, 6.07) is 0.304. The number of nitrogens with zero attached hydrogens (tertiary/aromatic N) is 1. The van der Waals surface area contributed by atoms with E-state index in [9.17, 15) is 0 Å². The average Bonchev–Trinajstić information content (AvgIpc) is 1.77. The predicted molar refractivity (Wildman–Crippen MR) is 67.0 cm³/mol. The van der Waals surface area contributed by atoms with Gasteiger partial charge in [-0.2, -0.15) is 0 Å². The Bertz CT molecular complexity index is 142. The summed E-state index contributed by atoms with van der Waals surface area (Å²) < 4.78 is 2.73. The van der Waals surface area contributed by atoms with Gasteiger partial charge < -0.3 is 9.96 Å². The van der Waals surface area contributed by atoms with Gasteiger partial charge in [0.2, 0.25) is 0 Å². The Kier molecular flexibility index (Phi) is 4.37. The van der Waals surface area contributed by atoms with Crippen LogP contribution in [0.2, 0.25) is 39.3 Å². The molecule has 0 aromatic carbocycles. The van der Waals surface area contributed by atoms with Gasteiger partial charge in [0.25, 0.3) is 0 Å². The van der Waals surface area contributed by atoms with Gasteiger partial charge in [0.05, 0.1) is 0 Å². The van der Waals surface area contributed by atoms with Gasteiger partial charge in [-0.05, 0) is 6.92 Å². The molecule has 0 spiro atoms. The van der Waals surface area contributed by atoms with Crippen molar-refractivity contribution >= 4 is 16.5 Å². The Morgan fingerprint density at radius 1 is 1.00 bits per heavy atom. The van der Waals surface area contributed by atoms with Crippen molar-refractivity contribution in [3.63, 3.8) is 0 Å². The van der Waals surface area contributed by atoms with Crippen LogP contribution < -0.4 is 5.73 Å². The van der Waals surface area contributed by atoms with Crippen LogP contribution in [0.5, 0.6) is 0 Å². The van der Waals surface area contributed by atoms with Crippen LogP contribution in [-0.4, -0.2) is 33.3 Å². The quantitative estimate of drug-likeness (QED) is 0.734. The van der Waals surface area contributed by atoms with Crippen LogP contribution in [0.15, 0.2) is 0 Å². The first-order valence-electron chi connectivity index (χ1n) is 5.08. The fourth-order valence-corrected chi connectivity index (χ4v) is 11.6. The lowest BCUT2D eigenvalue weighted by atomic mass is 10.4. The monoisotopic (exact) mass is 218 g/mol. The highest BCUT2D eigenvalue weighted by Crippen LogP contribution is 2.19. The molecule has 0 saturated heterocycles. The molecule has 0 radical (unpaired) electrons. The Labute approximate surface area is 85.7 Å². The predicted octanol–water partition coefficient (Wildman–Crippen LogP) is 2.31. The molecule has 13 heavy (non-hydrogen) atoms. The normalized spacial score (nSPS) is 16.4. The van der Waals surface area contributed by atoms with Gasteiger partial charge in [0.1, 0.15) is 16.5 Å². The van der Waals surface area contributed by atoms with Gasteiger partial charge >= 0.3 is 0 Å². The number of hydrogen-bond acceptors (Lipinski definition) is 2. The van der Waals surface area contributed by atoms with Crippen LogP contribution in [-0.2, 0) is 0 Å². The van der Waals surface area contributed by atoms with Crippen LogP contribution in [0.1, 0.15) is 6.92 Å². The second-order valence-electron chi connectivity index (χ2n) is 5.93. The molecule has 2 nitrogen and oxygen atoms in total. The van der Waals surface area contributed by atoms with Crippen LogP contribution in [0, 0.1) is 0 Å². The molecular weight excluding hydrogens is 192 g/mol. The molecule has 0 rings (SSSR count). The molecule has 1 atom stereocenters. The van der Waals surface area contributed by atoms with E-state index in [1.165, 1.54) is 0 Å². The van der Waals surface area contributed by atoms with Gasteiger partial charge in [-0.25, -0.2) is 0 Å². The highest BCUT2D eigenvalue weighted by Gasteiger charge is 2.34. The average molecular weight is 218 g/mol. The first kappa shape index (κ1) is 13.4. The Balaban J connectivity index is 4.58. The molecule has 0 aliphatic heterocycles. The van der Waals surface area contributed by atoms with Crippen LogP contribution in [0.25, 0.3) is 0 Å². The van der Waals surface area contributed by atoms with E-state index >= 15 is 0 Å². The largest absolute Gasteiger partial charge is 0.344 e. The van der Waals surface area contributed by atoms with Crippen molar-refractivity contribution in [3.8, 4) is 0 Å². The van der Waals surface area contributed by atoms with Crippen molar-refractivity contribution in [2.45, 2.75) is 52.2 Å². The highest BCUT2D eigenvalue weighted by atomic mass is 28.4. The Morgan fingerprint density at radius 3 is 1.38 bits per heavy atom. The molecule has 0 amide bonds. The van der Waals surface area contributed by atoms with Gasteiger partial charge in [-0.3, -0.25) is 0 Å². The summed E-state index contributed by atoms with van der Waals surface area (Å²) in [6.45, 7) is 17.6. The van der Waals surface area contributed by atoms with E-state index in [-0.39, 0.29) is 0 Å². The van der Waals surface area contributed by atoms with Gasteiger partial charge in [-0.15, -0.1) is 0 Å². The van der Waals surface area contributed by atoms with Crippen molar-refractivity contribution in [1.29, 1.82) is 0 Å². The Morgan fingerprint density at radius 2 is 1.31 bits per heavy atom. The lowest BCUT2D eigenvalue weighted by Gasteiger charge is -2.44. The fraction of sp³-hybridized carbons (Fsp3) is 1.00. The summed E-state index contributed by atoms with van der Waals surface area (Å²) in [7, 11) is -2.34. The lowest BCUT2D eigenvalue weighted by molar-refractivity contribution is 0.544. The van der Waals surface area contributed by atoms with Crippen LogP contribution in [0.4, 0.5) is 0 Å². The first-order valence-corrected chi connectivity index (χ1v) is 12.0. The van der Waals surface area contributed by atoms with E-state index in [1.54, 1.807) is 0 Å². The zero-order valence-electron chi connectivity index (χ0n) is 10.3. The third-order valence-electron chi connectivity index (χ3n) is 2.09. The van der Waals surface area contributed by atoms with Crippen molar-refractivity contribution < 1.29 is 0 Å². The van der Waals surface area contributed by atoms with Crippen molar-refractivity contribution in [1.82, 2.24) is 4.23 Å². The van der Waals surface area contributed by atoms with Crippen molar-refractivity contribution in [3.05, 3.63) is 0 Å². The summed E-state index contributed by atoms with van der Waals surface area (Å²) in [5.41, 5.74) is 5.89. The summed E-state index contributed by atoms with van der Waals surface area (Å²) in [5.74, 6) is 0. The molecule has 0 aliphatic rings. The van der Waals surface area contributed by atoms with Gasteiger partial charge in [0.15, 0.2) is 0 Å². The number of rotatable bonds is 4. The molecule has 0 bridgehead atoms. The van der Waals surface area contributed by atoms with Crippen LogP contribution >= 0.6 is 0 Å². The fourth-order valence-electron chi connectivity index (χ4n) is 1.84. The topological polar surface area (TPSA) is 29.3 Å². The molecule has 0 heterocycles. The van der Waals surface area contributed by atoms with Crippen LogP contribution in [0.3, 0.4) is 0 Å². The van der Waals surface area contributed by atoms with E-state index in [0.717, 1.165) is 6.54 Å². The molecule has 2 N–H and O–H groups in total. The first-order chi connectivity index (χ1) is 5.55. The molecular formula is C9H26N2Si2. The van der Waals surface area contributed by atoms with Crippen molar-refractivity contribution in [2.24, 2.45) is 5.73 Å². The third-order valence-corrected chi connectivity index (χ3v) is 9.72. The molecule has 80 valence electrons. The maximum absolute atomic E-state index is 5.89. The Hall–Kier alpha value is 0.354. The van der Waals surface area contributed by atoms with E-state index < -0.39 is 16.5 Å². The SMILES string of the molecule is CC(N)CN([Si](C)(C)C)[Si](C)(C)C. The van der Waals surface area contributed by atoms with Gasteiger partial charge in [0, 0.05) is 12.6 Å². The summed E-state index contributed by atoms with van der Waals surface area (Å²) in [6.07, 6.45) is 0. The lowest BCUT2D eigenvalue weighted by Crippen LogP contribution is -2.61. The zero-order chi connectivity index (χ0) is 10.9. The van der Waals surface area contributed by atoms with Gasteiger partial charge in [-0.1, -0.05) is 39.3 Å². The third kappa shape index (κ3) is 4.95. The summed E-state index contributed by atoms with van der Waals surface area (Å²) in [4.78, 5) is 0. The van der Waals surface area contributed by atoms with E-state index in [1.807, 2.05) is 0 Å². The van der Waals surface area contributed by atoms with E-state index in [4.69, 9.17) is 5.73 Å². The molecule has 0 aromatic rings. The van der Waals surface area contributed by atoms with E-state index in [0.29, 0.717) is 6.04 Å². The molecule has 0 aliphatic carbocycles. The standard InChI is InChI=1S/C9H26N2Si2/c1-9(10)8-11(12(2,3)4)13(5,6)7/h9H,8,10H2,1-7H3. The maximum Gasteiger partial charge on any atom is 0.112 e. The maximum atomic E-state index is 5.89. The van der Waals surface area contributed by atoms with Crippen molar-refractivity contribution in [2.75, 3.05) is 6.54 Å². The minimum Gasteiger partial charge on any atom is -0.344 e. The molecule has 0 fully saturated rings.